The molecule has 1 fully saturated rings. The highest BCUT2D eigenvalue weighted by molar-refractivity contribution is 6.10. The number of aliphatic carboxylic acids is 1. The summed E-state index contributed by atoms with van der Waals surface area (Å²) in [5, 5.41) is 19.0. The summed E-state index contributed by atoms with van der Waals surface area (Å²) in [5.74, 6) is -1.98. The highest BCUT2D eigenvalue weighted by atomic mass is 16.5. The van der Waals surface area contributed by atoms with Crippen LogP contribution in [0, 0.1) is 0 Å². The fourth-order valence-electron chi connectivity index (χ4n) is 1.75. The molecule has 1 aliphatic rings. The Bertz CT molecular complexity index is 266. The fourth-order valence-corrected chi connectivity index (χ4v) is 1.75. The molecule has 1 saturated heterocycles. The highest BCUT2D eigenvalue weighted by Crippen LogP contribution is 2.29. The number of hydrogen-bond donors (Lipinski definition) is 3. The molecule has 0 aromatic rings. The maximum Gasteiger partial charge on any atom is 0.334 e. The van der Waals surface area contributed by atoms with Gasteiger partial charge in [-0.3, -0.25) is 4.79 Å². The van der Waals surface area contributed by atoms with E-state index in [0.29, 0.717) is 11.5 Å². The van der Waals surface area contributed by atoms with Gasteiger partial charge in [-0.1, -0.05) is 0 Å². The number of carbonyl (C=O) groups excluding carboxylic acids is 1. The molecule has 0 aromatic heterocycles. The van der Waals surface area contributed by atoms with Gasteiger partial charge < -0.3 is 16.0 Å². The number of Topliss-reactive ketones (excluding diaryl/α,β-unsaturated/α-hetero) is 1. The monoisotopic (exact) mass is 202 g/mol. The molecule has 1 heterocycles. The Kier molecular flexibility index (Phi) is 2.89. The second-order valence-electron chi connectivity index (χ2n) is 3.55. The number of carboxylic acid groups (broad SMARTS) is 1. The third-order valence-electron chi connectivity index (χ3n) is 2.52. The largest absolute Gasteiger partial charge is 0.479 e. The Morgan fingerprint density at radius 1 is 1.57 bits per heavy atom. The Labute approximate surface area is 81.3 Å². The van der Waals surface area contributed by atoms with Crippen LogP contribution in [0.25, 0.3) is 0 Å². The molecule has 0 radical (unpaired) electrons. The van der Waals surface area contributed by atoms with Crippen LogP contribution in [0.15, 0.2) is 0 Å². The summed E-state index contributed by atoms with van der Waals surface area (Å²) in [4.78, 5) is 22.6. The standard InChI is InChI=1S/C8H14N2O4/c1-5(9)6(11)8(7(12)13)3-2-4-10(8)14/h5,14H,2-4,9H2,1H3,(H,12,13). The molecule has 1 aliphatic heterocycles. The first-order chi connectivity index (χ1) is 6.43. The maximum atomic E-state index is 11.6. The number of hydroxylamine groups is 2. The van der Waals surface area contributed by atoms with Gasteiger partial charge in [-0.05, 0) is 19.8 Å². The molecule has 14 heavy (non-hydrogen) atoms. The van der Waals surface area contributed by atoms with Crippen molar-refractivity contribution in [1.82, 2.24) is 5.06 Å². The van der Waals surface area contributed by atoms with Crippen LogP contribution >= 0.6 is 0 Å². The van der Waals surface area contributed by atoms with Crippen molar-refractivity contribution in [3.63, 3.8) is 0 Å². The second kappa shape index (κ2) is 3.64. The first-order valence-electron chi connectivity index (χ1n) is 4.42. The average molecular weight is 202 g/mol. The summed E-state index contributed by atoms with van der Waals surface area (Å²) >= 11 is 0. The zero-order valence-corrected chi connectivity index (χ0v) is 7.93. The van der Waals surface area contributed by atoms with Crippen LogP contribution in [0.3, 0.4) is 0 Å². The van der Waals surface area contributed by atoms with Gasteiger partial charge >= 0.3 is 5.97 Å². The molecular weight excluding hydrogens is 188 g/mol. The van der Waals surface area contributed by atoms with Gasteiger partial charge in [0.05, 0.1) is 6.04 Å². The second-order valence-corrected chi connectivity index (χ2v) is 3.55. The van der Waals surface area contributed by atoms with Gasteiger partial charge in [0, 0.05) is 6.54 Å². The zero-order valence-electron chi connectivity index (χ0n) is 7.93. The van der Waals surface area contributed by atoms with Gasteiger partial charge in [0.2, 0.25) is 5.54 Å². The van der Waals surface area contributed by atoms with E-state index in [-0.39, 0.29) is 13.0 Å². The van der Waals surface area contributed by atoms with Crippen molar-refractivity contribution >= 4 is 11.8 Å². The molecule has 0 aliphatic carbocycles. The van der Waals surface area contributed by atoms with Gasteiger partial charge in [0.25, 0.3) is 0 Å². The van der Waals surface area contributed by atoms with Crippen LogP contribution in [0.4, 0.5) is 0 Å². The van der Waals surface area contributed by atoms with Crippen molar-refractivity contribution in [2.45, 2.75) is 31.3 Å². The van der Waals surface area contributed by atoms with Crippen LogP contribution in [0.5, 0.6) is 0 Å². The van der Waals surface area contributed by atoms with Crippen LogP contribution in [-0.4, -0.2) is 45.3 Å². The number of ketones is 1. The smallest absolute Gasteiger partial charge is 0.334 e. The minimum Gasteiger partial charge on any atom is -0.479 e. The van der Waals surface area contributed by atoms with E-state index in [1.807, 2.05) is 0 Å². The van der Waals surface area contributed by atoms with E-state index in [9.17, 15) is 14.8 Å². The predicted octanol–water partition coefficient (Wildman–Crippen LogP) is -0.789. The predicted molar refractivity (Wildman–Crippen MR) is 46.7 cm³/mol. The number of nitrogens with two attached hydrogens (primary N) is 1. The number of carbonyl (C=O) groups is 2. The van der Waals surface area contributed by atoms with Crippen LogP contribution in [0.1, 0.15) is 19.8 Å². The van der Waals surface area contributed by atoms with E-state index in [0.717, 1.165) is 0 Å². The molecule has 80 valence electrons. The number of rotatable bonds is 3. The molecule has 0 amide bonds. The van der Waals surface area contributed by atoms with E-state index >= 15 is 0 Å². The van der Waals surface area contributed by atoms with Crippen molar-refractivity contribution in [2.24, 2.45) is 5.73 Å². The van der Waals surface area contributed by atoms with Crippen molar-refractivity contribution < 1.29 is 19.9 Å². The van der Waals surface area contributed by atoms with E-state index < -0.39 is 23.3 Å². The molecule has 6 heteroatoms. The first kappa shape index (κ1) is 11.1. The molecule has 6 nitrogen and oxygen atoms in total. The lowest BCUT2D eigenvalue weighted by Crippen LogP contribution is -2.59. The Balaban J connectivity index is 3.05. The topological polar surface area (TPSA) is 104 Å². The first-order valence-corrected chi connectivity index (χ1v) is 4.42. The normalized spacial score (nSPS) is 30.2. The van der Waals surface area contributed by atoms with Gasteiger partial charge in [-0.2, -0.15) is 5.06 Å². The van der Waals surface area contributed by atoms with E-state index in [1.165, 1.54) is 6.92 Å². The SMILES string of the molecule is CC(N)C(=O)C1(C(=O)O)CCCN1O. The highest BCUT2D eigenvalue weighted by Gasteiger charge is 2.54. The molecule has 2 unspecified atom stereocenters. The van der Waals surface area contributed by atoms with Crippen molar-refractivity contribution in [1.29, 1.82) is 0 Å². The molecule has 1 rings (SSSR count). The number of hydrogen-bond acceptors (Lipinski definition) is 5. The summed E-state index contributed by atoms with van der Waals surface area (Å²) in [5.41, 5.74) is 3.53. The van der Waals surface area contributed by atoms with Gasteiger partial charge in [0.1, 0.15) is 0 Å². The molecule has 2 atom stereocenters. The molecular formula is C8H14N2O4. The molecule has 4 N–H and O–H groups in total. The van der Waals surface area contributed by atoms with E-state index in [4.69, 9.17) is 10.8 Å². The number of nitrogens with zero attached hydrogens (tertiary/aromatic N) is 1. The van der Waals surface area contributed by atoms with E-state index in [2.05, 4.69) is 0 Å². The van der Waals surface area contributed by atoms with Crippen LogP contribution < -0.4 is 5.73 Å². The summed E-state index contributed by atoms with van der Waals surface area (Å²) in [6, 6.07) is -0.890. The Hall–Kier alpha value is -0.980. The maximum absolute atomic E-state index is 11.6. The summed E-state index contributed by atoms with van der Waals surface area (Å²) in [6.45, 7) is 1.60. The summed E-state index contributed by atoms with van der Waals surface area (Å²) in [7, 11) is 0. The van der Waals surface area contributed by atoms with Gasteiger partial charge in [0.15, 0.2) is 5.78 Å². The van der Waals surface area contributed by atoms with Crippen LogP contribution in [-0.2, 0) is 9.59 Å². The third-order valence-corrected chi connectivity index (χ3v) is 2.52. The summed E-state index contributed by atoms with van der Waals surface area (Å²) in [6.07, 6.45) is 0.584. The number of carboxylic acids is 1. The van der Waals surface area contributed by atoms with Crippen LogP contribution in [0.2, 0.25) is 0 Å². The molecule has 0 spiro atoms. The third kappa shape index (κ3) is 1.41. The summed E-state index contributed by atoms with van der Waals surface area (Å²) < 4.78 is 0. The quantitative estimate of drug-likeness (QED) is 0.518. The van der Waals surface area contributed by atoms with Gasteiger partial charge in [-0.15, -0.1) is 0 Å². The van der Waals surface area contributed by atoms with E-state index in [1.54, 1.807) is 0 Å². The van der Waals surface area contributed by atoms with Crippen molar-refractivity contribution in [3.05, 3.63) is 0 Å². The fraction of sp³-hybridized carbons (Fsp3) is 0.750. The van der Waals surface area contributed by atoms with Gasteiger partial charge in [-0.25, -0.2) is 4.79 Å². The lowest BCUT2D eigenvalue weighted by molar-refractivity contribution is -0.188. The molecule has 0 saturated carbocycles. The molecule has 0 bridgehead atoms. The van der Waals surface area contributed by atoms with Crippen molar-refractivity contribution in [3.8, 4) is 0 Å². The Morgan fingerprint density at radius 2 is 2.14 bits per heavy atom. The lowest BCUT2D eigenvalue weighted by atomic mass is 9.88. The Morgan fingerprint density at radius 3 is 2.43 bits per heavy atom. The molecule has 0 aromatic carbocycles. The lowest BCUT2D eigenvalue weighted by Gasteiger charge is -2.29. The minimum atomic E-state index is -1.83. The van der Waals surface area contributed by atoms with Crippen molar-refractivity contribution in [2.75, 3.05) is 6.54 Å². The minimum absolute atomic E-state index is 0.110. The zero-order chi connectivity index (χ0) is 10.9. The average Bonchev–Trinajstić information content (AvgIpc) is 2.46.